The number of nitrogens with one attached hydrogen (secondary N) is 2. The number of rotatable bonds is 7. The third kappa shape index (κ3) is 7.13. The molecule has 0 radical (unpaired) electrons. The molecule has 0 heterocycles. The van der Waals surface area contributed by atoms with Crippen molar-refractivity contribution in [1.29, 1.82) is 0 Å². The van der Waals surface area contributed by atoms with E-state index in [2.05, 4.69) is 26.6 Å². The number of hydrogen-bond acceptors (Lipinski definition) is 2. The second-order valence-corrected chi connectivity index (χ2v) is 6.08. The van der Waals surface area contributed by atoms with Crippen LogP contribution in [0.3, 0.4) is 0 Å². The minimum atomic E-state index is -0.779. The van der Waals surface area contributed by atoms with Crippen molar-refractivity contribution in [3.8, 4) is 0 Å². The number of halogens is 1. The van der Waals surface area contributed by atoms with Crippen molar-refractivity contribution >= 4 is 33.6 Å². The van der Waals surface area contributed by atoms with Gasteiger partial charge >= 0.3 is 12.0 Å². The molecule has 0 aliphatic heterocycles. The molecule has 1 unspecified atom stereocenters. The van der Waals surface area contributed by atoms with Crippen LogP contribution in [0.25, 0.3) is 0 Å². The lowest BCUT2D eigenvalue weighted by Gasteiger charge is -2.12. The molecule has 3 N–H and O–H groups in total. The van der Waals surface area contributed by atoms with E-state index >= 15 is 0 Å². The van der Waals surface area contributed by atoms with Crippen molar-refractivity contribution < 1.29 is 14.7 Å². The molecule has 1 atom stereocenters. The van der Waals surface area contributed by atoms with Crippen LogP contribution >= 0.6 is 15.9 Å². The number of aryl methyl sites for hydroxylation is 1. The first-order valence-corrected chi connectivity index (χ1v) is 7.70. The Bertz CT molecular complexity index is 506. The van der Waals surface area contributed by atoms with E-state index in [9.17, 15) is 9.59 Å². The predicted octanol–water partition coefficient (Wildman–Crippen LogP) is 3.77. The standard InChI is InChI=1S/C15H21BrN2O3/c1-10(3-6-14(19)20)7-8-17-15(21)18-13-5-4-12(16)9-11(13)2/h4-5,9-10H,3,6-8H2,1-2H3,(H,19,20)(H2,17,18,21). The van der Waals surface area contributed by atoms with Crippen LogP contribution in [-0.2, 0) is 4.79 Å². The van der Waals surface area contributed by atoms with Gasteiger partial charge in [-0.3, -0.25) is 4.79 Å². The summed E-state index contributed by atoms with van der Waals surface area (Å²) < 4.78 is 0.971. The zero-order chi connectivity index (χ0) is 15.8. The second kappa shape index (κ2) is 8.67. The summed E-state index contributed by atoms with van der Waals surface area (Å²) in [5.41, 5.74) is 1.75. The molecule has 116 valence electrons. The first-order valence-electron chi connectivity index (χ1n) is 6.91. The Morgan fingerprint density at radius 3 is 2.67 bits per heavy atom. The highest BCUT2D eigenvalue weighted by Crippen LogP contribution is 2.19. The maximum Gasteiger partial charge on any atom is 0.319 e. The fraction of sp³-hybridized carbons (Fsp3) is 0.467. The second-order valence-electron chi connectivity index (χ2n) is 5.17. The summed E-state index contributed by atoms with van der Waals surface area (Å²) in [5.74, 6) is -0.505. The Balaban J connectivity index is 2.29. The fourth-order valence-corrected chi connectivity index (χ4v) is 2.36. The zero-order valence-corrected chi connectivity index (χ0v) is 13.9. The van der Waals surface area contributed by atoms with Crippen LogP contribution in [0.15, 0.2) is 22.7 Å². The quantitative estimate of drug-likeness (QED) is 0.695. The number of aliphatic carboxylic acids is 1. The molecule has 21 heavy (non-hydrogen) atoms. The summed E-state index contributed by atoms with van der Waals surface area (Å²) in [6, 6.07) is 5.40. The van der Waals surface area contributed by atoms with Gasteiger partial charge in [-0.2, -0.15) is 0 Å². The lowest BCUT2D eigenvalue weighted by Crippen LogP contribution is -2.30. The van der Waals surface area contributed by atoms with Crippen molar-refractivity contribution in [2.24, 2.45) is 5.92 Å². The summed E-state index contributed by atoms with van der Waals surface area (Å²) >= 11 is 3.38. The maximum absolute atomic E-state index is 11.8. The molecule has 1 rings (SSSR count). The molecule has 0 aliphatic rings. The molecule has 0 spiro atoms. The molecule has 5 nitrogen and oxygen atoms in total. The van der Waals surface area contributed by atoms with Crippen LogP contribution in [0, 0.1) is 12.8 Å². The van der Waals surface area contributed by atoms with E-state index in [0.717, 1.165) is 22.1 Å². The van der Waals surface area contributed by atoms with E-state index in [1.807, 2.05) is 32.0 Å². The van der Waals surface area contributed by atoms with Crippen LogP contribution in [0.2, 0.25) is 0 Å². The van der Waals surface area contributed by atoms with E-state index in [0.29, 0.717) is 13.0 Å². The van der Waals surface area contributed by atoms with E-state index in [4.69, 9.17) is 5.11 Å². The molecule has 2 amide bonds. The number of hydrogen-bond donors (Lipinski definition) is 3. The van der Waals surface area contributed by atoms with Crippen molar-refractivity contribution in [2.45, 2.75) is 33.1 Å². The monoisotopic (exact) mass is 356 g/mol. The van der Waals surface area contributed by atoms with Crippen LogP contribution in [0.1, 0.15) is 31.7 Å². The minimum absolute atomic E-state index is 0.172. The number of benzene rings is 1. The Morgan fingerprint density at radius 2 is 2.05 bits per heavy atom. The summed E-state index contributed by atoms with van der Waals surface area (Å²) in [4.78, 5) is 22.2. The van der Waals surface area contributed by atoms with E-state index in [1.165, 1.54) is 0 Å². The van der Waals surface area contributed by atoms with Gasteiger partial charge in [-0.05, 0) is 49.4 Å². The molecule has 0 saturated carbocycles. The fourth-order valence-electron chi connectivity index (χ4n) is 1.88. The average Bonchev–Trinajstić information content (AvgIpc) is 2.39. The number of carbonyl (C=O) groups is 2. The highest BCUT2D eigenvalue weighted by Gasteiger charge is 2.07. The number of amides is 2. The van der Waals surface area contributed by atoms with Crippen LogP contribution in [0.4, 0.5) is 10.5 Å². The Morgan fingerprint density at radius 1 is 1.33 bits per heavy atom. The van der Waals surface area contributed by atoms with Gasteiger partial charge in [0.1, 0.15) is 0 Å². The number of carboxylic acid groups (broad SMARTS) is 1. The molecular weight excluding hydrogens is 336 g/mol. The van der Waals surface area contributed by atoms with Gasteiger partial charge in [0.15, 0.2) is 0 Å². The van der Waals surface area contributed by atoms with E-state index in [1.54, 1.807) is 0 Å². The molecule has 1 aromatic carbocycles. The van der Waals surface area contributed by atoms with Crippen LogP contribution < -0.4 is 10.6 Å². The van der Waals surface area contributed by atoms with Crippen molar-refractivity contribution in [1.82, 2.24) is 5.32 Å². The average molecular weight is 357 g/mol. The lowest BCUT2D eigenvalue weighted by molar-refractivity contribution is -0.137. The summed E-state index contributed by atoms with van der Waals surface area (Å²) in [6.07, 6.45) is 1.57. The van der Waals surface area contributed by atoms with Crippen molar-refractivity contribution in [3.63, 3.8) is 0 Å². The van der Waals surface area contributed by atoms with E-state index < -0.39 is 5.97 Å². The van der Waals surface area contributed by atoms with Crippen LogP contribution in [0.5, 0.6) is 0 Å². The number of carboxylic acids is 1. The number of urea groups is 1. The number of carbonyl (C=O) groups excluding carboxylic acids is 1. The molecule has 0 fully saturated rings. The lowest BCUT2D eigenvalue weighted by atomic mass is 10.0. The first-order chi connectivity index (χ1) is 9.88. The Labute approximate surface area is 133 Å². The van der Waals surface area contributed by atoms with Gasteiger partial charge in [0.25, 0.3) is 0 Å². The number of anilines is 1. The minimum Gasteiger partial charge on any atom is -0.481 e. The molecule has 1 aromatic rings. The molecular formula is C15H21BrN2O3. The Kier molecular flexibility index (Phi) is 7.22. The van der Waals surface area contributed by atoms with Crippen LogP contribution in [-0.4, -0.2) is 23.7 Å². The molecule has 0 saturated heterocycles. The summed E-state index contributed by atoms with van der Waals surface area (Å²) in [5, 5.41) is 14.2. The smallest absolute Gasteiger partial charge is 0.319 e. The van der Waals surface area contributed by atoms with Crippen molar-refractivity contribution in [3.05, 3.63) is 28.2 Å². The SMILES string of the molecule is Cc1cc(Br)ccc1NC(=O)NCCC(C)CCC(=O)O. The van der Waals surface area contributed by atoms with Gasteiger partial charge in [0.05, 0.1) is 0 Å². The molecule has 6 heteroatoms. The first kappa shape index (κ1) is 17.5. The van der Waals surface area contributed by atoms with E-state index in [-0.39, 0.29) is 18.4 Å². The highest BCUT2D eigenvalue weighted by molar-refractivity contribution is 9.10. The van der Waals surface area contributed by atoms with Gasteiger partial charge in [0.2, 0.25) is 0 Å². The Hall–Kier alpha value is -1.56. The third-order valence-electron chi connectivity index (χ3n) is 3.21. The summed E-state index contributed by atoms with van der Waals surface area (Å²) in [6.45, 7) is 4.44. The van der Waals surface area contributed by atoms with Gasteiger partial charge < -0.3 is 15.7 Å². The predicted molar refractivity (Wildman–Crippen MR) is 86.6 cm³/mol. The largest absolute Gasteiger partial charge is 0.481 e. The normalized spacial score (nSPS) is 11.8. The van der Waals surface area contributed by atoms with Crippen molar-refractivity contribution in [2.75, 3.05) is 11.9 Å². The van der Waals surface area contributed by atoms with Gasteiger partial charge in [-0.15, -0.1) is 0 Å². The highest BCUT2D eigenvalue weighted by atomic mass is 79.9. The molecule has 0 aromatic heterocycles. The van der Waals surface area contributed by atoms with Gasteiger partial charge in [0, 0.05) is 23.1 Å². The third-order valence-corrected chi connectivity index (χ3v) is 3.70. The topological polar surface area (TPSA) is 78.4 Å². The molecule has 0 bridgehead atoms. The van der Waals surface area contributed by atoms with Gasteiger partial charge in [-0.25, -0.2) is 4.79 Å². The van der Waals surface area contributed by atoms with Gasteiger partial charge in [-0.1, -0.05) is 22.9 Å². The maximum atomic E-state index is 11.8. The summed E-state index contributed by atoms with van der Waals surface area (Å²) in [7, 11) is 0. The molecule has 0 aliphatic carbocycles. The zero-order valence-electron chi connectivity index (χ0n) is 12.3.